The molecule has 0 aromatic carbocycles. The Balaban J connectivity index is 2.27. The SMILES string of the molecule is C=C1CC[C@H]2C(C)(C)CCC[C@]2(C)[C@H]1C/C=C(/CC(=O)OC)C(=O)OC. The third kappa shape index (κ3) is 4.05. The fourth-order valence-corrected chi connectivity index (χ4v) is 5.56. The molecule has 0 radical (unpaired) electrons. The van der Waals surface area contributed by atoms with Crippen molar-refractivity contribution in [1.82, 2.24) is 0 Å². The molecule has 4 heteroatoms. The fourth-order valence-electron chi connectivity index (χ4n) is 5.56. The van der Waals surface area contributed by atoms with Gasteiger partial charge in [0.1, 0.15) is 0 Å². The van der Waals surface area contributed by atoms with Gasteiger partial charge in [-0.2, -0.15) is 0 Å². The van der Waals surface area contributed by atoms with Crippen LogP contribution in [0.4, 0.5) is 0 Å². The van der Waals surface area contributed by atoms with Gasteiger partial charge in [-0.05, 0) is 54.8 Å². The van der Waals surface area contributed by atoms with Crippen LogP contribution in [0.5, 0.6) is 0 Å². The molecule has 0 amide bonds. The van der Waals surface area contributed by atoms with Gasteiger partial charge in [0.15, 0.2) is 0 Å². The van der Waals surface area contributed by atoms with Crippen LogP contribution in [-0.4, -0.2) is 26.2 Å². The molecule has 0 heterocycles. The molecule has 26 heavy (non-hydrogen) atoms. The highest BCUT2D eigenvalue weighted by molar-refractivity contribution is 5.93. The number of rotatable bonds is 5. The van der Waals surface area contributed by atoms with Crippen molar-refractivity contribution >= 4 is 11.9 Å². The Morgan fingerprint density at radius 2 is 1.88 bits per heavy atom. The fraction of sp³-hybridized carbons (Fsp3) is 0.727. The molecule has 4 nitrogen and oxygen atoms in total. The average Bonchev–Trinajstić information content (AvgIpc) is 2.58. The number of fused-ring (bicyclic) bond motifs is 1. The summed E-state index contributed by atoms with van der Waals surface area (Å²) in [5.41, 5.74) is 2.19. The van der Waals surface area contributed by atoms with E-state index in [1.165, 1.54) is 45.5 Å². The van der Waals surface area contributed by atoms with E-state index in [0.29, 0.717) is 22.8 Å². The quantitative estimate of drug-likeness (QED) is 0.399. The van der Waals surface area contributed by atoms with Gasteiger partial charge in [-0.1, -0.05) is 45.4 Å². The van der Waals surface area contributed by atoms with E-state index in [9.17, 15) is 9.59 Å². The van der Waals surface area contributed by atoms with Crippen LogP contribution in [0.25, 0.3) is 0 Å². The highest BCUT2D eigenvalue weighted by Crippen LogP contribution is 2.61. The topological polar surface area (TPSA) is 52.6 Å². The first-order valence-electron chi connectivity index (χ1n) is 9.67. The van der Waals surface area contributed by atoms with E-state index < -0.39 is 11.9 Å². The number of carbonyl (C=O) groups is 2. The van der Waals surface area contributed by atoms with Crippen LogP contribution < -0.4 is 0 Å². The van der Waals surface area contributed by atoms with Crippen molar-refractivity contribution in [2.75, 3.05) is 14.2 Å². The highest BCUT2D eigenvalue weighted by atomic mass is 16.5. The van der Waals surface area contributed by atoms with E-state index in [1.54, 1.807) is 0 Å². The van der Waals surface area contributed by atoms with E-state index in [0.717, 1.165) is 12.8 Å². The first kappa shape index (κ1) is 20.7. The molecule has 0 spiro atoms. The standard InChI is InChI=1S/C22H34O4/c1-15-8-11-18-21(2,3)12-7-13-22(18,4)17(15)10-9-16(20(24)26-6)14-19(23)25-5/h9,17-18H,1,7-8,10-14H2,2-6H3/b16-9-/t17-,18-,22+/m0/s1. The lowest BCUT2D eigenvalue weighted by molar-refractivity contribution is -0.143. The number of allylic oxidation sites excluding steroid dienone is 2. The number of ether oxygens (including phenoxy) is 2. The predicted octanol–water partition coefficient (Wildman–Crippen LogP) is 4.84. The van der Waals surface area contributed by atoms with Crippen LogP contribution in [0.2, 0.25) is 0 Å². The minimum absolute atomic E-state index is 0.0476. The molecule has 0 bridgehead atoms. The summed E-state index contributed by atoms with van der Waals surface area (Å²) in [5, 5.41) is 0. The van der Waals surface area contributed by atoms with Crippen molar-refractivity contribution in [3.8, 4) is 0 Å². The first-order valence-corrected chi connectivity index (χ1v) is 9.67. The van der Waals surface area contributed by atoms with Crippen molar-refractivity contribution in [3.05, 3.63) is 23.8 Å². The van der Waals surface area contributed by atoms with Crippen LogP contribution in [0.3, 0.4) is 0 Å². The summed E-state index contributed by atoms with van der Waals surface area (Å²) in [7, 11) is 2.67. The Morgan fingerprint density at radius 1 is 1.19 bits per heavy atom. The average molecular weight is 363 g/mol. The summed E-state index contributed by atoms with van der Waals surface area (Å²) in [4.78, 5) is 23.7. The normalized spacial score (nSPS) is 31.1. The van der Waals surface area contributed by atoms with Gasteiger partial charge < -0.3 is 9.47 Å². The van der Waals surface area contributed by atoms with Crippen LogP contribution in [0.1, 0.15) is 65.7 Å². The molecule has 2 rings (SSSR count). The Bertz CT molecular complexity index is 601. The lowest BCUT2D eigenvalue weighted by Gasteiger charge is -2.58. The van der Waals surface area contributed by atoms with E-state index in [1.807, 2.05) is 6.08 Å². The van der Waals surface area contributed by atoms with Gasteiger partial charge in [-0.3, -0.25) is 4.79 Å². The van der Waals surface area contributed by atoms with Crippen LogP contribution in [0, 0.1) is 22.7 Å². The van der Waals surface area contributed by atoms with Gasteiger partial charge in [0.05, 0.1) is 20.6 Å². The summed E-state index contributed by atoms with van der Waals surface area (Å²) < 4.78 is 9.57. The second-order valence-electron chi connectivity index (χ2n) is 8.86. The van der Waals surface area contributed by atoms with E-state index >= 15 is 0 Å². The summed E-state index contributed by atoms with van der Waals surface area (Å²) in [6.07, 6.45) is 8.52. The second kappa shape index (κ2) is 7.98. The molecule has 2 aliphatic carbocycles. The lowest BCUT2D eigenvalue weighted by atomic mass is 9.47. The lowest BCUT2D eigenvalue weighted by Crippen LogP contribution is -2.49. The van der Waals surface area contributed by atoms with Crippen molar-refractivity contribution in [1.29, 1.82) is 0 Å². The predicted molar refractivity (Wildman–Crippen MR) is 102 cm³/mol. The monoisotopic (exact) mass is 362 g/mol. The van der Waals surface area contributed by atoms with Gasteiger partial charge >= 0.3 is 11.9 Å². The Morgan fingerprint density at radius 3 is 2.50 bits per heavy atom. The van der Waals surface area contributed by atoms with E-state index in [-0.39, 0.29) is 11.8 Å². The molecule has 0 aliphatic heterocycles. The molecular formula is C22H34O4. The van der Waals surface area contributed by atoms with Crippen LogP contribution >= 0.6 is 0 Å². The van der Waals surface area contributed by atoms with Crippen molar-refractivity contribution in [2.45, 2.75) is 65.7 Å². The van der Waals surface area contributed by atoms with Gasteiger partial charge in [-0.15, -0.1) is 0 Å². The molecule has 0 aromatic rings. The minimum atomic E-state index is -0.456. The Kier molecular flexibility index (Phi) is 6.36. The summed E-state index contributed by atoms with van der Waals surface area (Å²) in [6, 6.07) is 0. The summed E-state index contributed by atoms with van der Waals surface area (Å²) in [5.74, 6) is 0.113. The zero-order valence-corrected chi connectivity index (χ0v) is 17.0. The second-order valence-corrected chi connectivity index (χ2v) is 8.86. The smallest absolute Gasteiger partial charge is 0.333 e. The van der Waals surface area contributed by atoms with Crippen LogP contribution in [0.15, 0.2) is 23.8 Å². The zero-order chi connectivity index (χ0) is 19.5. The number of hydrogen-bond donors (Lipinski definition) is 0. The highest BCUT2D eigenvalue weighted by Gasteiger charge is 2.52. The van der Waals surface area contributed by atoms with Crippen molar-refractivity contribution < 1.29 is 19.1 Å². The van der Waals surface area contributed by atoms with Gasteiger partial charge in [0.25, 0.3) is 0 Å². The number of carbonyl (C=O) groups excluding carboxylic acids is 2. The minimum Gasteiger partial charge on any atom is -0.469 e. The number of esters is 2. The van der Waals surface area contributed by atoms with Crippen molar-refractivity contribution in [2.24, 2.45) is 22.7 Å². The first-order chi connectivity index (χ1) is 12.2. The maximum absolute atomic E-state index is 12.1. The van der Waals surface area contributed by atoms with Gasteiger partial charge in [-0.25, -0.2) is 4.79 Å². The third-order valence-electron chi connectivity index (χ3n) is 6.93. The molecule has 146 valence electrons. The van der Waals surface area contributed by atoms with Gasteiger partial charge in [0.2, 0.25) is 0 Å². The molecule has 3 atom stereocenters. The summed E-state index contributed by atoms with van der Waals surface area (Å²) >= 11 is 0. The van der Waals surface area contributed by atoms with E-state index in [2.05, 4.69) is 27.4 Å². The molecular weight excluding hydrogens is 328 g/mol. The largest absolute Gasteiger partial charge is 0.469 e. The zero-order valence-electron chi connectivity index (χ0n) is 17.0. The third-order valence-corrected chi connectivity index (χ3v) is 6.93. The molecule has 2 fully saturated rings. The van der Waals surface area contributed by atoms with E-state index in [4.69, 9.17) is 9.47 Å². The molecule has 0 saturated heterocycles. The number of hydrogen-bond acceptors (Lipinski definition) is 4. The van der Waals surface area contributed by atoms with Gasteiger partial charge in [0, 0.05) is 5.57 Å². The molecule has 0 N–H and O–H groups in total. The van der Waals surface area contributed by atoms with Crippen molar-refractivity contribution in [3.63, 3.8) is 0 Å². The molecule has 2 aliphatic rings. The maximum atomic E-state index is 12.1. The summed E-state index contributed by atoms with van der Waals surface area (Å²) in [6.45, 7) is 11.6. The maximum Gasteiger partial charge on any atom is 0.333 e. The Hall–Kier alpha value is -1.58. The molecule has 0 aromatic heterocycles. The molecule has 0 unspecified atom stereocenters. The molecule has 2 saturated carbocycles. The van der Waals surface area contributed by atoms with Crippen LogP contribution in [-0.2, 0) is 19.1 Å². The Labute approximate surface area is 158 Å². The number of methoxy groups -OCH3 is 2.